The highest BCUT2D eigenvalue weighted by Gasteiger charge is 2.25. The summed E-state index contributed by atoms with van der Waals surface area (Å²) in [4.78, 5) is 24.9. The van der Waals surface area contributed by atoms with Crippen molar-refractivity contribution in [3.8, 4) is 5.75 Å². The van der Waals surface area contributed by atoms with Crippen molar-refractivity contribution in [2.24, 2.45) is 5.73 Å². The first-order valence-corrected chi connectivity index (χ1v) is 12.1. The fourth-order valence-corrected chi connectivity index (χ4v) is 3.96. The van der Waals surface area contributed by atoms with E-state index in [0.29, 0.717) is 18.6 Å². The molecule has 2 N–H and O–H groups in total. The van der Waals surface area contributed by atoms with Crippen LogP contribution in [0.2, 0.25) is 0 Å². The fraction of sp³-hybridized carbons (Fsp3) is 0.333. The molecular formula is C30H35NO5. The number of rotatable bonds is 10. The van der Waals surface area contributed by atoms with Crippen molar-refractivity contribution in [1.82, 2.24) is 0 Å². The fourth-order valence-electron chi connectivity index (χ4n) is 3.96. The van der Waals surface area contributed by atoms with Gasteiger partial charge in [-0.05, 0) is 86.9 Å². The molecule has 0 aromatic heterocycles. The summed E-state index contributed by atoms with van der Waals surface area (Å²) in [6.07, 6.45) is 1.03. The van der Waals surface area contributed by atoms with E-state index in [0.717, 1.165) is 28.7 Å². The Morgan fingerprint density at radius 1 is 0.889 bits per heavy atom. The predicted octanol–water partition coefficient (Wildman–Crippen LogP) is 5.84. The summed E-state index contributed by atoms with van der Waals surface area (Å²) in [7, 11) is 0. The highest BCUT2D eigenvalue weighted by Crippen LogP contribution is 2.25. The van der Waals surface area contributed by atoms with Crippen LogP contribution in [0.25, 0.3) is 0 Å². The van der Waals surface area contributed by atoms with E-state index in [9.17, 15) is 9.59 Å². The molecule has 0 saturated carbocycles. The average molecular weight is 490 g/mol. The van der Waals surface area contributed by atoms with Crippen LogP contribution in [0.3, 0.4) is 0 Å². The van der Waals surface area contributed by atoms with Crippen LogP contribution in [0.1, 0.15) is 48.1 Å². The Kier molecular flexibility index (Phi) is 9.25. The minimum Gasteiger partial charge on any atom is -0.460 e. The van der Waals surface area contributed by atoms with E-state index in [1.807, 2.05) is 76.2 Å². The molecule has 3 rings (SSSR count). The van der Waals surface area contributed by atoms with Gasteiger partial charge in [0.2, 0.25) is 0 Å². The molecule has 0 spiro atoms. The zero-order valence-electron chi connectivity index (χ0n) is 21.5. The molecule has 3 aromatic carbocycles. The van der Waals surface area contributed by atoms with E-state index in [4.69, 9.17) is 19.9 Å². The van der Waals surface area contributed by atoms with Crippen LogP contribution < -0.4 is 10.5 Å². The maximum Gasteiger partial charge on any atom is 0.514 e. The van der Waals surface area contributed by atoms with Crippen LogP contribution in [0.15, 0.2) is 72.8 Å². The number of benzene rings is 3. The van der Waals surface area contributed by atoms with Crippen molar-refractivity contribution in [3.05, 3.63) is 101 Å². The smallest absolute Gasteiger partial charge is 0.460 e. The number of esters is 1. The van der Waals surface area contributed by atoms with E-state index < -0.39 is 23.8 Å². The van der Waals surface area contributed by atoms with Gasteiger partial charge in [0.05, 0.1) is 0 Å². The molecule has 0 saturated heterocycles. The molecule has 0 heterocycles. The van der Waals surface area contributed by atoms with E-state index in [-0.39, 0.29) is 6.61 Å². The van der Waals surface area contributed by atoms with Crippen LogP contribution >= 0.6 is 0 Å². The Morgan fingerprint density at radius 2 is 1.44 bits per heavy atom. The first-order valence-electron chi connectivity index (χ1n) is 12.1. The van der Waals surface area contributed by atoms with Crippen LogP contribution in [0.4, 0.5) is 4.79 Å². The molecule has 0 aliphatic rings. The van der Waals surface area contributed by atoms with Crippen LogP contribution in [0.5, 0.6) is 5.75 Å². The molecule has 0 unspecified atom stereocenters. The zero-order chi connectivity index (χ0) is 26.1. The third-order valence-corrected chi connectivity index (χ3v) is 6.04. The van der Waals surface area contributed by atoms with Gasteiger partial charge >= 0.3 is 12.1 Å². The third-order valence-electron chi connectivity index (χ3n) is 6.04. The third kappa shape index (κ3) is 8.24. The molecule has 1 atom stereocenters. The van der Waals surface area contributed by atoms with Crippen molar-refractivity contribution in [1.29, 1.82) is 0 Å². The molecule has 190 valence electrons. The summed E-state index contributed by atoms with van der Waals surface area (Å²) in [5.74, 6) is -0.0721. The van der Waals surface area contributed by atoms with Gasteiger partial charge in [0.15, 0.2) is 0 Å². The summed E-state index contributed by atoms with van der Waals surface area (Å²) >= 11 is 0. The monoisotopic (exact) mass is 489 g/mol. The molecule has 0 fully saturated rings. The summed E-state index contributed by atoms with van der Waals surface area (Å²) in [5.41, 5.74) is 10.2. The normalized spacial score (nSPS) is 12.0. The van der Waals surface area contributed by atoms with Crippen molar-refractivity contribution in [3.63, 3.8) is 0 Å². The topological polar surface area (TPSA) is 87.9 Å². The second-order valence-electron chi connectivity index (χ2n) is 9.64. The lowest BCUT2D eigenvalue weighted by molar-refractivity contribution is -0.146. The molecule has 0 amide bonds. The van der Waals surface area contributed by atoms with Crippen molar-refractivity contribution >= 4 is 12.1 Å². The first kappa shape index (κ1) is 27.0. The highest BCUT2D eigenvalue weighted by molar-refractivity contribution is 5.76. The van der Waals surface area contributed by atoms with E-state index in [2.05, 4.69) is 12.1 Å². The Balaban J connectivity index is 1.54. The quantitative estimate of drug-likeness (QED) is 0.284. The second kappa shape index (κ2) is 12.4. The van der Waals surface area contributed by atoms with Crippen LogP contribution in [-0.4, -0.2) is 23.8 Å². The number of aryl methyl sites for hydroxylation is 3. The van der Waals surface area contributed by atoms with Gasteiger partial charge in [0.25, 0.3) is 0 Å². The number of nitrogens with two attached hydrogens (primary N) is 1. The Bertz CT molecular complexity index is 1140. The number of hydrogen-bond acceptors (Lipinski definition) is 6. The molecule has 6 nitrogen and oxygen atoms in total. The Labute approximate surface area is 213 Å². The van der Waals surface area contributed by atoms with Gasteiger partial charge < -0.3 is 19.9 Å². The molecule has 0 aliphatic carbocycles. The zero-order valence-corrected chi connectivity index (χ0v) is 21.5. The van der Waals surface area contributed by atoms with Crippen LogP contribution in [0, 0.1) is 13.8 Å². The molecule has 36 heavy (non-hydrogen) atoms. The van der Waals surface area contributed by atoms with Crippen molar-refractivity contribution < 1.29 is 23.8 Å². The standard InChI is InChI=1S/C30H35NO5/c1-21-17-25(35-29(33)36-30(3,4)16-15-23-11-7-5-8-12-23)18-22(2)26(21)19-27(31)28(32)34-20-24-13-9-6-10-14-24/h5-14,17-18,27H,15-16,19-20,31H2,1-4H3/t27-/m0/s1. The van der Waals surface area contributed by atoms with Gasteiger partial charge in [-0.25, -0.2) is 4.79 Å². The summed E-state index contributed by atoms with van der Waals surface area (Å²) in [6, 6.07) is 22.2. The minimum atomic E-state index is -0.798. The van der Waals surface area contributed by atoms with Gasteiger partial charge in [0.1, 0.15) is 24.0 Å². The molecular weight excluding hydrogens is 454 g/mol. The molecule has 0 radical (unpaired) electrons. The second-order valence-corrected chi connectivity index (χ2v) is 9.64. The number of hydrogen-bond donors (Lipinski definition) is 1. The molecule has 3 aromatic rings. The average Bonchev–Trinajstić information content (AvgIpc) is 2.84. The maximum atomic E-state index is 12.5. The molecule has 6 heteroatoms. The lowest BCUT2D eigenvalue weighted by atomic mass is 9.96. The minimum absolute atomic E-state index is 0.182. The first-order chi connectivity index (χ1) is 17.1. The van der Waals surface area contributed by atoms with E-state index in [1.165, 1.54) is 5.56 Å². The SMILES string of the molecule is Cc1cc(OC(=O)OC(C)(C)CCc2ccccc2)cc(C)c1C[C@H](N)C(=O)OCc1ccccc1. The molecule has 0 bridgehead atoms. The lowest BCUT2D eigenvalue weighted by Crippen LogP contribution is -2.34. The van der Waals surface area contributed by atoms with Crippen molar-refractivity contribution in [2.45, 2.75) is 65.2 Å². The van der Waals surface area contributed by atoms with Crippen LogP contribution in [-0.2, 0) is 33.7 Å². The highest BCUT2D eigenvalue weighted by atomic mass is 16.7. The summed E-state index contributed by atoms with van der Waals surface area (Å²) in [5, 5.41) is 0. The molecule has 0 aliphatic heterocycles. The van der Waals surface area contributed by atoms with E-state index >= 15 is 0 Å². The lowest BCUT2D eigenvalue weighted by Gasteiger charge is -2.24. The van der Waals surface area contributed by atoms with E-state index in [1.54, 1.807) is 12.1 Å². The van der Waals surface area contributed by atoms with Crippen molar-refractivity contribution in [2.75, 3.05) is 0 Å². The number of ether oxygens (including phenoxy) is 3. The van der Waals surface area contributed by atoms with Gasteiger partial charge in [0, 0.05) is 0 Å². The predicted molar refractivity (Wildman–Crippen MR) is 140 cm³/mol. The van der Waals surface area contributed by atoms with Gasteiger partial charge in [-0.15, -0.1) is 0 Å². The summed E-state index contributed by atoms with van der Waals surface area (Å²) in [6.45, 7) is 7.71. The van der Waals surface area contributed by atoms with Gasteiger partial charge in [-0.1, -0.05) is 60.7 Å². The Hall–Kier alpha value is -3.64. The van der Waals surface area contributed by atoms with Gasteiger partial charge in [-0.2, -0.15) is 0 Å². The maximum absolute atomic E-state index is 12.5. The number of carbonyl (C=O) groups is 2. The largest absolute Gasteiger partial charge is 0.514 e. The van der Waals surface area contributed by atoms with Gasteiger partial charge in [-0.3, -0.25) is 4.79 Å². The Morgan fingerprint density at radius 3 is 2.03 bits per heavy atom. The summed E-state index contributed by atoms with van der Waals surface area (Å²) < 4.78 is 16.4. The number of carbonyl (C=O) groups excluding carboxylic acids is 2.